The zero-order valence-electron chi connectivity index (χ0n) is 22.3. The zero-order valence-corrected chi connectivity index (χ0v) is 23.1. The van der Waals surface area contributed by atoms with Gasteiger partial charge in [-0.25, -0.2) is 27.2 Å². The number of benzene rings is 1. The Labute approximate surface area is 233 Å². The van der Waals surface area contributed by atoms with Gasteiger partial charge in [-0.05, 0) is 42.3 Å². The number of fused-ring (bicyclic) bond motifs is 2. The van der Waals surface area contributed by atoms with Crippen LogP contribution in [0.4, 0.5) is 14.5 Å². The molecule has 1 aromatic carbocycles. The molecule has 0 aliphatic rings. The van der Waals surface area contributed by atoms with E-state index in [1.54, 1.807) is 30.7 Å². The number of halogens is 2. The average molecular weight is 575 g/mol. The van der Waals surface area contributed by atoms with Crippen LogP contribution in [0.15, 0.2) is 55.1 Å². The number of aryl methyl sites for hydroxylation is 1. The summed E-state index contributed by atoms with van der Waals surface area (Å²) in [6.07, 6.45) is 7.53. The molecule has 6 rings (SSSR count). The van der Waals surface area contributed by atoms with Crippen molar-refractivity contribution in [2.24, 2.45) is 0 Å². The summed E-state index contributed by atoms with van der Waals surface area (Å²) in [5.41, 5.74) is 4.46. The van der Waals surface area contributed by atoms with Crippen LogP contribution < -0.4 is 4.90 Å². The highest BCUT2D eigenvalue weighted by molar-refractivity contribution is 7.90. The Balaban J connectivity index is 1.45. The zero-order chi connectivity index (χ0) is 28.9. The van der Waals surface area contributed by atoms with Gasteiger partial charge in [0.1, 0.15) is 32.7 Å². The molecule has 5 aromatic heterocycles. The summed E-state index contributed by atoms with van der Waals surface area (Å²) < 4.78 is 53.8. The molecule has 0 fully saturated rings. The maximum absolute atomic E-state index is 16.0. The Morgan fingerprint density at radius 1 is 1.00 bits per heavy atom. The van der Waals surface area contributed by atoms with Gasteiger partial charge in [0.05, 0.1) is 34.2 Å². The monoisotopic (exact) mass is 574 g/mol. The smallest absolute Gasteiger partial charge is 0.184 e. The molecule has 0 aliphatic carbocycles. The lowest BCUT2D eigenvalue weighted by atomic mass is 10.0. The summed E-state index contributed by atoms with van der Waals surface area (Å²) in [6.45, 7) is 0. The van der Waals surface area contributed by atoms with Gasteiger partial charge in [0.2, 0.25) is 0 Å². The number of anilines is 1. The van der Waals surface area contributed by atoms with E-state index in [0.717, 1.165) is 11.9 Å². The van der Waals surface area contributed by atoms with E-state index >= 15 is 4.39 Å². The molecule has 0 radical (unpaired) electrons. The quantitative estimate of drug-likeness (QED) is 0.284. The summed E-state index contributed by atoms with van der Waals surface area (Å²) in [7, 11) is 0.522. The molecule has 10 nitrogen and oxygen atoms in total. The summed E-state index contributed by atoms with van der Waals surface area (Å²) >= 11 is 0. The fourth-order valence-electron chi connectivity index (χ4n) is 4.64. The molecule has 6 aromatic rings. The molecule has 0 saturated carbocycles. The molecular formula is C28H24F2N8O2S. The highest BCUT2D eigenvalue weighted by Gasteiger charge is 2.22. The Morgan fingerprint density at radius 3 is 2.61 bits per heavy atom. The van der Waals surface area contributed by atoms with E-state index < -0.39 is 21.5 Å². The molecule has 0 unspecified atom stereocenters. The molecule has 2 N–H and O–H groups in total. The molecule has 0 atom stereocenters. The second-order valence-corrected chi connectivity index (χ2v) is 12.2. The summed E-state index contributed by atoms with van der Waals surface area (Å²) in [4.78, 5) is 22.7. The predicted molar refractivity (Wildman–Crippen MR) is 153 cm³/mol. The van der Waals surface area contributed by atoms with Crippen LogP contribution in [0.1, 0.15) is 5.56 Å². The van der Waals surface area contributed by atoms with Crippen LogP contribution in [0.5, 0.6) is 0 Å². The number of aromatic nitrogens is 7. The normalized spacial score (nSPS) is 11.9. The molecule has 0 spiro atoms. The van der Waals surface area contributed by atoms with Crippen molar-refractivity contribution in [1.29, 1.82) is 0 Å². The van der Waals surface area contributed by atoms with E-state index in [2.05, 4.69) is 35.1 Å². The van der Waals surface area contributed by atoms with E-state index in [0.29, 0.717) is 44.9 Å². The average Bonchev–Trinajstić information content (AvgIpc) is 3.56. The van der Waals surface area contributed by atoms with Crippen molar-refractivity contribution in [2.45, 2.75) is 6.42 Å². The van der Waals surface area contributed by atoms with Crippen LogP contribution >= 0.6 is 0 Å². The van der Waals surface area contributed by atoms with Crippen molar-refractivity contribution in [3.8, 4) is 33.9 Å². The van der Waals surface area contributed by atoms with Gasteiger partial charge in [-0.3, -0.25) is 15.1 Å². The number of H-pyrrole nitrogens is 2. The number of nitrogens with zero attached hydrogens (tertiary/aromatic N) is 6. The molecule has 0 saturated heterocycles. The number of sulfone groups is 1. The number of pyridine rings is 3. The van der Waals surface area contributed by atoms with Gasteiger partial charge in [-0.15, -0.1) is 0 Å². The van der Waals surface area contributed by atoms with Crippen LogP contribution in [0.25, 0.3) is 56.0 Å². The molecule has 208 valence electrons. The molecule has 41 heavy (non-hydrogen) atoms. The second kappa shape index (κ2) is 10.0. The van der Waals surface area contributed by atoms with E-state index in [4.69, 9.17) is 0 Å². The first-order chi connectivity index (χ1) is 19.6. The van der Waals surface area contributed by atoms with Gasteiger partial charge in [-0.1, -0.05) is 0 Å². The molecular weight excluding hydrogens is 550 g/mol. The van der Waals surface area contributed by atoms with Crippen molar-refractivity contribution in [3.05, 3.63) is 72.3 Å². The Hall–Kier alpha value is -4.78. The van der Waals surface area contributed by atoms with E-state index in [-0.39, 0.29) is 28.8 Å². The van der Waals surface area contributed by atoms with Crippen LogP contribution in [0, 0.1) is 11.6 Å². The van der Waals surface area contributed by atoms with Crippen LogP contribution in [0.3, 0.4) is 0 Å². The molecule has 0 bridgehead atoms. The van der Waals surface area contributed by atoms with Gasteiger partial charge in [0.25, 0.3) is 0 Å². The lowest BCUT2D eigenvalue weighted by Gasteiger charge is -2.13. The van der Waals surface area contributed by atoms with Crippen LogP contribution in [-0.4, -0.2) is 69.6 Å². The number of imidazole rings is 1. The van der Waals surface area contributed by atoms with Crippen molar-refractivity contribution in [3.63, 3.8) is 0 Å². The third-order valence-electron chi connectivity index (χ3n) is 6.70. The van der Waals surface area contributed by atoms with E-state index in [9.17, 15) is 12.8 Å². The fourth-order valence-corrected chi connectivity index (χ4v) is 5.25. The van der Waals surface area contributed by atoms with Gasteiger partial charge in [0, 0.05) is 55.6 Å². The predicted octanol–water partition coefficient (Wildman–Crippen LogP) is 4.56. The highest BCUT2D eigenvalue weighted by Crippen LogP contribution is 2.35. The molecule has 0 amide bonds. The minimum absolute atomic E-state index is 0.107. The van der Waals surface area contributed by atoms with E-state index in [1.807, 2.05) is 25.1 Å². The van der Waals surface area contributed by atoms with Crippen molar-refractivity contribution in [2.75, 3.05) is 31.0 Å². The third kappa shape index (κ3) is 5.11. The number of nitrogens with one attached hydrogen (secondary N) is 2. The first kappa shape index (κ1) is 26.4. The van der Waals surface area contributed by atoms with Crippen molar-refractivity contribution in [1.82, 2.24) is 35.1 Å². The minimum atomic E-state index is -3.22. The molecule has 0 aliphatic heterocycles. The first-order valence-electron chi connectivity index (χ1n) is 12.6. The lowest BCUT2D eigenvalue weighted by Crippen LogP contribution is -2.08. The minimum Gasteiger partial charge on any atom is -0.376 e. The maximum atomic E-state index is 16.0. The van der Waals surface area contributed by atoms with Crippen LogP contribution in [-0.2, 0) is 16.3 Å². The third-order valence-corrected chi connectivity index (χ3v) is 7.65. The topological polar surface area (TPSA) is 133 Å². The van der Waals surface area contributed by atoms with Gasteiger partial charge in [-0.2, -0.15) is 5.10 Å². The fraction of sp³-hybridized carbons (Fsp3) is 0.179. The number of hydrogen-bond donors (Lipinski definition) is 2. The molecule has 5 heterocycles. The standard InChI is InChI=1S/C28H24F2N8O2S/c1-38(2)19-11-17(12-31-13-19)20-14-33-27-22(23(20)30)26(36-37-27)28-34-21-4-6-32-24(25(21)35-28)16-8-15(9-18(29)10-16)5-7-41(3,39)40/h4,6,8-14H,5,7H2,1-3H3,(H,34,35)(H,33,36,37). The van der Waals surface area contributed by atoms with Crippen molar-refractivity contribution >= 4 is 37.6 Å². The Bertz CT molecular complexity index is 2050. The van der Waals surface area contributed by atoms with E-state index in [1.165, 1.54) is 18.3 Å². The molecule has 13 heteroatoms. The summed E-state index contributed by atoms with van der Waals surface area (Å²) in [5, 5.41) is 7.17. The number of rotatable bonds is 7. The largest absolute Gasteiger partial charge is 0.376 e. The first-order valence-corrected chi connectivity index (χ1v) is 14.6. The lowest BCUT2D eigenvalue weighted by molar-refractivity contribution is 0.600. The van der Waals surface area contributed by atoms with Crippen LogP contribution in [0.2, 0.25) is 0 Å². The Morgan fingerprint density at radius 2 is 1.83 bits per heavy atom. The summed E-state index contributed by atoms with van der Waals surface area (Å²) in [5.74, 6) is -0.864. The summed E-state index contributed by atoms with van der Waals surface area (Å²) in [6, 6.07) is 7.84. The maximum Gasteiger partial charge on any atom is 0.184 e. The highest BCUT2D eigenvalue weighted by atomic mass is 32.2. The van der Waals surface area contributed by atoms with Crippen molar-refractivity contribution < 1.29 is 17.2 Å². The Kier molecular flexibility index (Phi) is 6.45. The van der Waals surface area contributed by atoms with Gasteiger partial charge >= 0.3 is 0 Å². The SMILES string of the molecule is CN(C)c1cncc(-c2cnc3n[nH]c(-c4nc5c(-c6cc(F)cc(CCS(C)(=O)=O)c6)nccc5[nH]4)c3c2F)c1. The second-order valence-electron chi connectivity index (χ2n) is 9.98. The number of hydrogen-bond acceptors (Lipinski definition) is 8. The van der Waals surface area contributed by atoms with Gasteiger partial charge < -0.3 is 9.88 Å². The van der Waals surface area contributed by atoms with Gasteiger partial charge in [0.15, 0.2) is 11.5 Å². The number of aromatic amines is 2.